The lowest BCUT2D eigenvalue weighted by Crippen LogP contribution is -2.53. The number of carbonyl (C=O) groups excluding carboxylic acids is 1. The Morgan fingerprint density at radius 2 is 2.18 bits per heavy atom. The van der Waals surface area contributed by atoms with Gasteiger partial charge in [-0.25, -0.2) is 0 Å². The van der Waals surface area contributed by atoms with Crippen LogP contribution in [0.25, 0.3) is 0 Å². The maximum Gasteiger partial charge on any atom is 0.250 e. The molecule has 0 radical (unpaired) electrons. The predicted molar refractivity (Wildman–Crippen MR) is 63.6 cm³/mol. The summed E-state index contributed by atoms with van der Waals surface area (Å²) in [4.78, 5) is 14.1. The largest absolute Gasteiger partial charge is 0.391 e. The molecule has 2 fully saturated rings. The van der Waals surface area contributed by atoms with Crippen LogP contribution in [0.1, 0.15) is 25.7 Å². The van der Waals surface area contributed by atoms with Crippen LogP contribution in [0.2, 0.25) is 0 Å². The smallest absolute Gasteiger partial charge is 0.250 e. The maximum atomic E-state index is 12.0. The van der Waals surface area contributed by atoms with E-state index >= 15 is 0 Å². The highest BCUT2D eigenvalue weighted by Gasteiger charge is 2.30. The molecule has 2 aliphatic rings. The Balaban J connectivity index is 1.83. The van der Waals surface area contributed by atoms with Crippen LogP contribution < -0.4 is 5.32 Å². The van der Waals surface area contributed by atoms with Gasteiger partial charge in [0.05, 0.1) is 18.8 Å². The molecule has 0 aromatic rings. The third-order valence-electron chi connectivity index (χ3n) is 3.62. The highest BCUT2D eigenvalue weighted by Crippen LogP contribution is 2.18. The molecule has 1 aliphatic heterocycles. The number of morpholine rings is 1. The van der Waals surface area contributed by atoms with Crippen LogP contribution in [0.4, 0.5) is 0 Å². The number of hydrogen-bond acceptors (Lipinski definition) is 4. The number of likely N-dealkylation sites (N-methyl/N-ethyl adjacent to an activating group) is 1. The average molecular weight is 242 g/mol. The van der Waals surface area contributed by atoms with E-state index < -0.39 is 6.10 Å². The van der Waals surface area contributed by atoms with E-state index in [1.54, 1.807) is 0 Å². The molecule has 3 atom stereocenters. The van der Waals surface area contributed by atoms with Crippen molar-refractivity contribution in [2.24, 2.45) is 0 Å². The van der Waals surface area contributed by atoms with Gasteiger partial charge in [0, 0.05) is 13.1 Å². The van der Waals surface area contributed by atoms with Crippen molar-refractivity contribution < 1.29 is 14.6 Å². The first kappa shape index (κ1) is 12.8. The van der Waals surface area contributed by atoms with Crippen molar-refractivity contribution in [2.75, 3.05) is 26.7 Å². The van der Waals surface area contributed by atoms with Crippen LogP contribution >= 0.6 is 0 Å². The van der Waals surface area contributed by atoms with Gasteiger partial charge in [0.15, 0.2) is 0 Å². The van der Waals surface area contributed by atoms with Gasteiger partial charge in [-0.3, -0.25) is 4.79 Å². The Morgan fingerprint density at radius 3 is 2.88 bits per heavy atom. The fourth-order valence-corrected chi connectivity index (χ4v) is 2.49. The van der Waals surface area contributed by atoms with Gasteiger partial charge >= 0.3 is 0 Å². The number of aliphatic hydroxyl groups excluding tert-OH is 1. The first-order valence-electron chi connectivity index (χ1n) is 6.45. The molecule has 17 heavy (non-hydrogen) atoms. The van der Waals surface area contributed by atoms with Crippen molar-refractivity contribution in [3.8, 4) is 0 Å². The van der Waals surface area contributed by atoms with Crippen molar-refractivity contribution in [1.82, 2.24) is 10.2 Å². The van der Waals surface area contributed by atoms with Gasteiger partial charge in [-0.15, -0.1) is 0 Å². The fourth-order valence-electron chi connectivity index (χ4n) is 2.49. The van der Waals surface area contributed by atoms with E-state index in [4.69, 9.17) is 4.74 Å². The summed E-state index contributed by atoms with van der Waals surface area (Å²) in [5.41, 5.74) is 0. The number of nitrogens with one attached hydrogen (secondary N) is 1. The van der Waals surface area contributed by atoms with Crippen molar-refractivity contribution in [2.45, 2.75) is 43.9 Å². The maximum absolute atomic E-state index is 12.0. The summed E-state index contributed by atoms with van der Waals surface area (Å²) in [7, 11) is 1.98. The third kappa shape index (κ3) is 3.40. The Bertz CT molecular complexity index is 272. The minimum Gasteiger partial charge on any atom is -0.391 e. The number of ether oxygens (including phenoxy) is 1. The molecule has 2 N–H and O–H groups in total. The Labute approximate surface area is 102 Å². The molecule has 98 valence electrons. The SMILES string of the molecule is CN1CCO[C@H](C(=O)N[C@H]2CCCC[C@H]2O)C1. The highest BCUT2D eigenvalue weighted by molar-refractivity contribution is 5.81. The second-order valence-electron chi connectivity index (χ2n) is 5.09. The molecule has 0 aromatic carbocycles. The molecule has 1 heterocycles. The molecule has 1 amide bonds. The number of hydrogen-bond donors (Lipinski definition) is 2. The van der Waals surface area contributed by atoms with Gasteiger partial charge in [0.1, 0.15) is 6.10 Å². The minimum absolute atomic E-state index is 0.0810. The Kier molecular flexibility index (Phi) is 4.36. The van der Waals surface area contributed by atoms with Crippen molar-refractivity contribution in [3.05, 3.63) is 0 Å². The van der Waals surface area contributed by atoms with Crippen LogP contribution in [0.15, 0.2) is 0 Å². The standard InChI is InChI=1S/C12H22N2O3/c1-14-6-7-17-11(8-14)12(16)13-9-4-2-3-5-10(9)15/h9-11,15H,2-8H2,1H3,(H,13,16)/t9-,10+,11-/m0/s1. The van der Waals surface area contributed by atoms with Gasteiger partial charge in [0.2, 0.25) is 0 Å². The highest BCUT2D eigenvalue weighted by atomic mass is 16.5. The summed E-state index contributed by atoms with van der Waals surface area (Å²) in [5, 5.41) is 12.7. The number of nitrogens with zero attached hydrogens (tertiary/aromatic N) is 1. The van der Waals surface area contributed by atoms with Crippen molar-refractivity contribution >= 4 is 5.91 Å². The molecule has 0 bridgehead atoms. The summed E-state index contributed by atoms with van der Waals surface area (Å²) >= 11 is 0. The number of carbonyl (C=O) groups is 1. The zero-order valence-electron chi connectivity index (χ0n) is 10.4. The average Bonchev–Trinajstić information content (AvgIpc) is 2.32. The third-order valence-corrected chi connectivity index (χ3v) is 3.62. The monoisotopic (exact) mass is 242 g/mol. The van der Waals surface area contributed by atoms with Crippen molar-refractivity contribution in [3.63, 3.8) is 0 Å². The zero-order chi connectivity index (χ0) is 12.3. The summed E-state index contributed by atoms with van der Waals surface area (Å²) < 4.78 is 5.45. The lowest BCUT2D eigenvalue weighted by atomic mass is 9.92. The van der Waals surface area contributed by atoms with Crippen LogP contribution in [-0.4, -0.2) is 60.9 Å². The number of amides is 1. The molecule has 0 spiro atoms. The van der Waals surface area contributed by atoms with Crippen LogP contribution in [-0.2, 0) is 9.53 Å². The van der Waals surface area contributed by atoms with Crippen LogP contribution in [0.5, 0.6) is 0 Å². The van der Waals surface area contributed by atoms with Gasteiger partial charge in [-0.2, -0.15) is 0 Å². The second-order valence-corrected chi connectivity index (χ2v) is 5.09. The Morgan fingerprint density at radius 1 is 1.41 bits per heavy atom. The summed E-state index contributed by atoms with van der Waals surface area (Å²) in [6.45, 7) is 2.10. The van der Waals surface area contributed by atoms with E-state index in [2.05, 4.69) is 10.2 Å². The van der Waals surface area contributed by atoms with Gasteiger partial charge < -0.3 is 20.1 Å². The number of rotatable bonds is 2. The van der Waals surface area contributed by atoms with E-state index in [1.807, 2.05) is 7.05 Å². The quantitative estimate of drug-likeness (QED) is 0.700. The van der Waals surface area contributed by atoms with Crippen LogP contribution in [0.3, 0.4) is 0 Å². The summed E-state index contributed by atoms with van der Waals surface area (Å²) in [6.07, 6.45) is 3.01. The molecular formula is C12H22N2O3. The van der Waals surface area contributed by atoms with Gasteiger partial charge in [0.25, 0.3) is 5.91 Å². The van der Waals surface area contributed by atoms with Gasteiger partial charge in [-0.05, 0) is 19.9 Å². The molecular weight excluding hydrogens is 220 g/mol. The summed E-state index contributed by atoms with van der Waals surface area (Å²) in [6, 6.07) is -0.0907. The molecule has 5 heteroatoms. The molecule has 1 saturated heterocycles. The Hall–Kier alpha value is -0.650. The molecule has 1 saturated carbocycles. The van der Waals surface area contributed by atoms with Gasteiger partial charge in [-0.1, -0.05) is 12.8 Å². The summed E-state index contributed by atoms with van der Waals surface area (Å²) in [5.74, 6) is -0.0810. The van der Waals surface area contributed by atoms with E-state index in [-0.39, 0.29) is 18.1 Å². The lowest BCUT2D eigenvalue weighted by molar-refractivity contribution is -0.139. The van der Waals surface area contributed by atoms with E-state index in [9.17, 15) is 9.90 Å². The molecule has 5 nitrogen and oxygen atoms in total. The first-order chi connectivity index (χ1) is 8.16. The topological polar surface area (TPSA) is 61.8 Å². The molecule has 0 unspecified atom stereocenters. The fraction of sp³-hybridized carbons (Fsp3) is 0.917. The first-order valence-corrected chi connectivity index (χ1v) is 6.45. The minimum atomic E-state index is -0.394. The normalized spacial score (nSPS) is 35.5. The molecule has 0 aromatic heterocycles. The lowest BCUT2D eigenvalue weighted by Gasteiger charge is -2.33. The molecule has 1 aliphatic carbocycles. The van der Waals surface area contributed by atoms with Crippen molar-refractivity contribution in [1.29, 1.82) is 0 Å². The van der Waals surface area contributed by atoms with E-state index in [0.29, 0.717) is 13.2 Å². The zero-order valence-corrected chi connectivity index (χ0v) is 10.4. The van der Waals surface area contributed by atoms with Crippen LogP contribution in [0, 0.1) is 0 Å². The predicted octanol–water partition coefficient (Wildman–Crippen LogP) is -0.263. The van der Waals surface area contributed by atoms with E-state index in [1.165, 1.54) is 0 Å². The van der Waals surface area contributed by atoms with E-state index in [0.717, 1.165) is 32.2 Å². The number of aliphatic hydroxyl groups is 1. The molecule has 2 rings (SSSR count). The second kappa shape index (κ2) is 5.80.